The van der Waals surface area contributed by atoms with E-state index >= 15 is 0 Å². The minimum Gasteiger partial charge on any atom is -0.481 e. The molecule has 0 aliphatic rings. The Kier molecular flexibility index (Phi) is 32.8. The average molecular weight is 481 g/mol. The van der Waals surface area contributed by atoms with Gasteiger partial charge >= 0.3 is 17.9 Å². The molecule has 3 unspecified atom stereocenters. The first-order chi connectivity index (χ1) is 14.2. The quantitative estimate of drug-likeness (QED) is 0.221. The predicted molar refractivity (Wildman–Crippen MR) is 123 cm³/mol. The van der Waals surface area contributed by atoms with E-state index in [2.05, 4.69) is 20.8 Å². The van der Waals surface area contributed by atoms with E-state index in [0.29, 0.717) is 0 Å². The van der Waals surface area contributed by atoms with Crippen LogP contribution in [0, 0.1) is 17.8 Å². The van der Waals surface area contributed by atoms with E-state index < -0.39 is 17.9 Å². The average Bonchev–Trinajstić information content (AvgIpc) is 2.70. The molecule has 0 rings (SSSR count). The van der Waals surface area contributed by atoms with Crippen molar-refractivity contribution in [2.75, 3.05) is 0 Å². The molecule has 0 saturated heterocycles. The van der Waals surface area contributed by atoms with Crippen molar-refractivity contribution in [1.29, 1.82) is 0 Å². The van der Waals surface area contributed by atoms with Gasteiger partial charge in [0.25, 0.3) is 0 Å². The SMILES string of the molecule is CCCCC(CC)C(=O)O.CCCCC(CC)C(=O)O.CCCCC(CC)C(=O)O.[Ti]. The van der Waals surface area contributed by atoms with Crippen LogP contribution in [0.5, 0.6) is 0 Å². The minimum absolute atomic E-state index is 0. The molecule has 0 aromatic rings. The van der Waals surface area contributed by atoms with E-state index in [1.807, 2.05) is 20.8 Å². The molecule has 0 bridgehead atoms. The Morgan fingerprint density at radius 3 is 0.806 bits per heavy atom. The Labute approximate surface area is 205 Å². The molecule has 3 atom stereocenters. The molecule has 3 N–H and O–H groups in total. The Bertz CT molecular complexity index is 366. The van der Waals surface area contributed by atoms with Gasteiger partial charge in [0.1, 0.15) is 0 Å². The molecule has 7 heteroatoms. The van der Waals surface area contributed by atoms with Crippen molar-refractivity contribution in [3.05, 3.63) is 0 Å². The molecule has 0 saturated carbocycles. The van der Waals surface area contributed by atoms with Crippen LogP contribution in [0.3, 0.4) is 0 Å². The zero-order valence-corrected chi connectivity index (χ0v) is 22.3. The molecule has 0 aliphatic heterocycles. The predicted octanol–water partition coefficient (Wildman–Crippen LogP) is 6.86. The standard InChI is InChI=1S/3C8H16O2.Ti/c3*1-3-5-6-7(4-2)8(9)10;/h3*7H,3-6H2,1-2H3,(H,9,10);. The van der Waals surface area contributed by atoms with E-state index in [-0.39, 0.29) is 39.5 Å². The van der Waals surface area contributed by atoms with Crippen LogP contribution in [-0.2, 0) is 36.1 Å². The number of unbranched alkanes of at least 4 members (excludes halogenated alkanes) is 3. The van der Waals surface area contributed by atoms with Crippen molar-refractivity contribution < 1.29 is 51.4 Å². The van der Waals surface area contributed by atoms with Crippen molar-refractivity contribution in [1.82, 2.24) is 0 Å². The zero-order valence-electron chi connectivity index (χ0n) is 20.8. The van der Waals surface area contributed by atoms with Crippen LogP contribution in [0.15, 0.2) is 0 Å². The number of carboxylic acids is 3. The fraction of sp³-hybridized carbons (Fsp3) is 0.875. The summed E-state index contributed by atoms with van der Waals surface area (Å²) in [7, 11) is 0. The Morgan fingerprint density at radius 2 is 0.710 bits per heavy atom. The summed E-state index contributed by atoms with van der Waals surface area (Å²) in [6.07, 6.45) is 11.1. The van der Waals surface area contributed by atoms with Crippen molar-refractivity contribution >= 4 is 17.9 Å². The first kappa shape index (κ1) is 37.4. The largest absolute Gasteiger partial charge is 0.481 e. The van der Waals surface area contributed by atoms with Crippen molar-refractivity contribution in [2.24, 2.45) is 17.8 Å². The van der Waals surface area contributed by atoms with Gasteiger partial charge < -0.3 is 15.3 Å². The Morgan fingerprint density at radius 1 is 0.516 bits per heavy atom. The van der Waals surface area contributed by atoms with Crippen LogP contribution in [-0.4, -0.2) is 33.2 Å². The summed E-state index contributed by atoms with van der Waals surface area (Å²) >= 11 is 0. The number of carboxylic acid groups (broad SMARTS) is 3. The van der Waals surface area contributed by atoms with Gasteiger partial charge in [0.2, 0.25) is 0 Å². The van der Waals surface area contributed by atoms with E-state index in [4.69, 9.17) is 15.3 Å². The third-order valence-corrected chi connectivity index (χ3v) is 5.24. The third kappa shape index (κ3) is 25.3. The maximum atomic E-state index is 10.4. The van der Waals surface area contributed by atoms with Crippen LogP contribution in [0.4, 0.5) is 0 Å². The van der Waals surface area contributed by atoms with E-state index in [1.165, 1.54) is 0 Å². The van der Waals surface area contributed by atoms with Crippen LogP contribution in [0.2, 0.25) is 0 Å². The number of carbonyl (C=O) groups is 3. The van der Waals surface area contributed by atoms with Crippen molar-refractivity contribution in [3.8, 4) is 0 Å². The van der Waals surface area contributed by atoms with E-state index in [1.54, 1.807) is 0 Å². The smallest absolute Gasteiger partial charge is 0.306 e. The molecule has 0 fully saturated rings. The van der Waals surface area contributed by atoms with Gasteiger partial charge in [0.15, 0.2) is 0 Å². The van der Waals surface area contributed by atoms with E-state index in [0.717, 1.165) is 77.0 Å². The Balaban J connectivity index is -0.000000174. The summed E-state index contributed by atoms with van der Waals surface area (Å²) in [4.78, 5) is 31.3. The molecule has 0 radical (unpaired) electrons. The van der Waals surface area contributed by atoms with Gasteiger partial charge in [-0.05, 0) is 38.5 Å². The molecule has 0 spiro atoms. The number of rotatable bonds is 15. The summed E-state index contributed by atoms with van der Waals surface area (Å²) in [5.41, 5.74) is 0. The summed E-state index contributed by atoms with van der Waals surface area (Å²) in [6, 6.07) is 0. The Hall–Kier alpha value is -0.876. The minimum atomic E-state index is -0.643. The van der Waals surface area contributed by atoms with Crippen LogP contribution in [0.1, 0.15) is 119 Å². The van der Waals surface area contributed by atoms with Gasteiger partial charge in [-0.25, -0.2) is 0 Å². The molecular formula is C24H48O6Ti. The number of hydrogen-bond acceptors (Lipinski definition) is 3. The zero-order chi connectivity index (χ0) is 23.9. The molecule has 0 aliphatic carbocycles. The normalized spacial score (nSPS) is 12.6. The van der Waals surface area contributed by atoms with Gasteiger partial charge in [0, 0.05) is 21.7 Å². The first-order valence-electron chi connectivity index (χ1n) is 11.8. The molecule has 31 heavy (non-hydrogen) atoms. The second kappa shape index (κ2) is 27.2. The van der Waals surface area contributed by atoms with Gasteiger partial charge in [-0.15, -0.1) is 0 Å². The van der Waals surface area contributed by atoms with Gasteiger partial charge in [-0.3, -0.25) is 14.4 Å². The van der Waals surface area contributed by atoms with Gasteiger partial charge in [0.05, 0.1) is 17.8 Å². The van der Waals surface area contributed by atoms with Crippen LogP contribution < -0.4 is 0 Å². The van der Waals surface area contributed by atoms with Crippen LogP contribution >= 0.6 is 0 Å². The fourth-order valence-corrected chi connectivity index (χ4v) is 2.86. The fourth-order valence-electron chi connectivity index (χ4n) is 2.86. The second-order valence-electron chi connectivity index (χ2n) is 7.76. The molecule has 6 nitrogen and oxygen atoms in total. The van der Waals surface area contributed by atoms with Gasteiger partial charge in [-0.2, -0.15) is 0 Å². The van der Waals surface area contributed by atoms with Gasteiger partial charge in [-0.1, -0.05) is 80.1 Å². The summed E-state index contributed by atoms with van der Waals surface area (Å²) in [5.74, 6) is -2.26. The van der Waals surface area contributed by atoms with Crippen molar-refractivity contribution in [3.63, 3.8) is 0 Å². The number of hydrogen-bond donors (Lipinski definition) is 3. The topological polar surface area (TPSA) is 112 Å². The summed E-state index contributed by atoms with van der Waals surface area (Å²) in [5, 5.41) is 25.8. The number of aliphatic carboxylic acids is 3. The molecule has 0 aromatic carbocycles. The molecular weight excluding hydrogens is 432 g/mol. The third-order valence-electron chi connectivity index (χ3n) is 5.24. The summed E-state index contributed by atoms with van der Waals surface area (Å²) in [6.45, 7) is 12.0. The summed E-state index contributed by atoms with van der Waals surface area (Å²) < 4.78 is 0. The maximum Gasteiger partial charge on any atom is 0.306 e. The second-order valence-corrected chi connectivity index (χ2v) is 7.76. The van der Waals surface area contributed by atoms with Crippen molar-refractivity contribution in [2.45, 2.75) is 119 Å². The first-order valence-corrected chi connectivity index (χ1v) is 11.8. The molecule has 0 amide bonds. The van der Waals surface area contributed by atoms with Crippen LogP contribution in [0.25, 0.3) is 0 Å². The molecule has 0 aromatic heterocycles. The van der Waals surface area contributed by atoms with E-state index in [9.17, 15) is 14.4 Å². The molecule has 0 heterocycles. The molecule has 184 valence electrons. The maximum absolute atomic E-state index is 10.4. The monoisotopic (exact) mass is 480 g/mol.